The Balaban J connectivity index is 1.87. The van der Waals surface area contributed by atoms with Gasteiger partial charge in [-0.3, -0.25) is 4.79 Å². The second kappa shape index (κ2) is 11.0. The highest BCUT2D eigenvalue weighted by molar-refractivity contribution is 7.80. The Morgan fingerprint density at radius 3 is 2.56 bits per heavy atom. The normalized spacial score (nSPS) is 10.9. The van der Waals surface area contributed by atoms with Crippen LogP contribution in [0.1, 0.15) is 12.0 Å². The number of benzene rings is 2. The molecule has 0 aliphatic carbocycles. The second-order valence-corrected chi connectivity index (χ2v) is 8.17. The third-order valence-corrected chi connectivity index (χ3v) is 5.52. The largest absolute Gasteiger partial charge is 0.497 e. The summed E-state index contributed by atoms with van der Waals surface area (Å²) in [6.45, 7) is 2.00. The molecule has 0 atom stereocenters. The van der Waals surface area contributed by atoms with Crippen molar-refractivity contribution in [1.29, 1.82) is 0 Å². The fourth-order valence-electron chi connectivity index (χ4n) is 3.45. The zero-order valence-corrected chi connectivity index (χ0v) is 19.8. The summed E-state index contributed by atoms with van der Waals surface area (Å²) in [6.07, 6.45) is 0.903. The van der Waals surface area contributed by atoms with E-state index >= 15 is 0 Å². The van der Waals surface area contributed by atoms with Crippen LogP contribution in [-0.4, -0.2) is 61.3 Å². The van der Waals surface area contributed by atoms with Crippen LogP contribution in [0.25, 0.3) is 10.9 Å². The number of aromatic amines is 1. The van der Waals surface area contributed by atoms with Crippen molar-refractivity contribution < 1.29 is 9.47 Å². The Morgan fingerprint density at radius 1 is 1.06 bits per heavy atom. The molecule has 0 spiro atoms. The van der Waals surface area contributed by atoms with Gasteiger partial charge in [0.15, 0.2) is 5.11 Å². The number of nitrogens with one attached hydrogen (secondary N) is 2. The van der Waals surface area contributed by atoms with Gasteiger partial charge in [-0.1, -0.05) is 12.1 Å². The first-order valence-electron chi connectivity index (χ1n) is 10.4. The molecule has 0 fully saturated rings. The Labute approximate surface area is 193 Å². The quantitative estimate of drug-likeness (QED) is 0.478. The summed E-state index contributed by atoms with van der Waals surface area (Å²) in [4.78, 5) is 19.9. The summed E-state index contributed by atoms with van der Waals surface area (Å²) in [5.74, 6) is 1.45. The molecule has 0 unspecified atom stereocenters. The number of para-hydroxylation sites is 2. The number of H-pyrrole nitrogens is 1. The topological polar surface area (TPSA) is 69.8 Å². The van der Waals surface area contributed by atoms with E-state index in [1.165, 1.54) is 0 Å². The molecule has 8 heteroatoms. The first kappa shape index (κ1) is 23.6. The van der Waals surface area contributed by atoms with Crippen LogP contribution in [0, 0.1) is 0 Å². The number of rotatable bonds is 9. The Bertz CT molecular complexity index is 1130. The molecule has 0 bridgehead atoms. The Morgan fingerprint density at radius 2 is 1.84 bits per heavy atom. The fraction of sp³-hybridized carbons (Fsp3) is 0.333. The number of nitrogens with zero attached hydrogens (tertiary/aromatic N) is 2. The summed E-state index contributed by atoms with van der Waals surface area (Å²) in [5.41, 5.74) is 2.07. The van der Waals surface area contributed by atoms with Crippen LogP contribution >= 0.6 is 12.2 Å². The average molecular weight is 455 g/mol. The lowest BCUT2D eigenvalue weighted by Gasteiger charge is -2.27. The molecule has 0 aliphatic heterocycles. The minimum absolute atomic E-state index is 0.125. The maximum absolute atomic E-state index is 12.8. The average Bonchev–Trinajstić information content (AvgIpc) is 2.78. The van der Waals surface area contributed by atoms with Crippen LogP contribution < -0.4 is 20.3 Å². The third kappa shape index (κ3) is 5.99. The minimum Gasteiger partial charge on any atom is -0.497 e. The lowest BCUT2D eigenvalue weighted by Crippen LogP contribution is -2.37. The lowest BCUT2D eigenvalue weighted by atomic mass is 10.1. The smallest absolute Gasteiger partial charge is 0.253 e. The Hall–Kier alpha value is -3.10. The van der Waals surface area contributed by atoms with E-state index in [0.717, 1.165) is 35.3 Å². The molecule has 0 aliphatic rings. The van der Waals surface area contributed by atoms with Gasteiger partial charge in [0, 0.05) is 23.0 Å². The molecule has 3 rings (SSSR count). The summed E-state index contributed by atoms with van der Waals surface area (Å²) < 4.78 is 10.8. The maximum Gasteiger partial charge on any atom is 0.253 e. The predicted molar refractivity (Wildman–Crippen MR) is 134 cm³/mol. The number of ether oxygens (including phenoxy) is 2. The standard InChI is InChI=1S/C24H30N4O3S/c1-27(2)12-7-13-28(24(32)26-21-8-5-6-9-22(21)31-4)16-18-14-17-15-19(30-3)10-11-20(17)25-23(18)29/h5-6,8-11,14-15H,7,12-13,16H2,1-4H3,(H,25,29)(H,26,32). The molecular weight excluding hydrogens is 424 g/mol. The summed E-state index contributed by atoms with van der Waals surface area (Å²) in [5, 5.41) is 4.73. The number of hydrogen-bond acceptors (Lipinski definition) is 5. The molecular formula is C24H30N4O3S. The number of pyridine rings is 1. The number of aromatic nitrogens is 1. The van der Waals surface area contributed by atoms with Crippen LogP contribution in [0.3, 0.4) is 0 Å². The molecule has 2 aromatic carbocycles. The number of hydrogen-bond donors (Lipinski definition) is 2. The van der Waals surface area contributed by atoms with E-state index in [1.54, 1.807) is 14.2 Å². The molecule has 0 radical (unpaired) electrons. The summed E-state index contributed by atoms with van der Waals surface area (Å²) in [6, 6.07) is 15.1. The van der Waals surface area contributed by atoms with Gasteiger partial charge in [0.1, 0.15) is 11.5 Å². The Kier molecular flexibility index (Phi) is 8.08. The maximum atomic E-state index is 12.8. The highest BCUT2D eigenvalue weighted by atomic mass is 32.1. The molecule has 0 saturated carbocycles. The van der Waals surface area contributed by atoms with E-state index in [0.29, 0.717) is 29.5 Å². The lowest BCUT2D eigenvalue weighted by molar-refractivity contribution is 0.345. The van der Waals surface area contributed by atoms with E-state index in [9.17, 15) is 4.79 Å². The van der Waals surface area contributed by atoms with Crippen molar-refractivity contribution in [3.8, 4) is 11.5 Å². The van der Waals surface area contributed by atoms with Gasteiger partial charge in [-0.15, -0.1) is 0 Å². The van der Waals surface area contributed by atoms with Gasteiger partial charge in [-0.2, -0.15) is 0 Å². The third-order valence-electron chi connectivity index (χ3n) is 5.16. The van der Waals surface area contributed by atoms with Crippen LogP contribution in [0.5, 0.6) is 11.5 Å². The van der Waals surface area contributed by atoms with Crippen molar-refractivity contribution in [2.24, 2.45) is 0 Å². The van der Waals surface area contributed by atoms with Crippen molar-refractivity contribution in [2.45, 2.75) is 13.0 Å². The van der Waals surface area contributed by atoms with E-state index in [4.69, 9.17) is 21.7 Å². The van der Waals surface area contributed by atoms with Crippen LogP contribution in [0.4, 0.5) is 5.69 Å². The van der Waals surface area contributed by atoms with E-state index in [2.05, 4.69) is 15.2 Å². The van der Waals surface area contributed by atoms with Gasteiger partial charge >= 0.3 is 0 Å². The molecule has 0 saturated heterocycles. The number of fused-ring (bicyclic) bond motifs is 1. The molecule has 1 aromatic heterocycles. The van der Waals surface area contributed by atoms with Crippen molar-refractivity contribution in [3.63, 3.8) is 0 Å². The van der Waals surface area contributed by atoms with Crippen molar-refractivity contribution >= 4 is 33.9 Å². The molecule has 3 aromatic rings. The molecule has 1 heterocycles. The molecule has 32 heavy (non-hydrogen) atoms. The zero-order chi connectivity index (χ0) is 23.1. The first-order chi connectivity index (χ1) is 15.4. The van der Waals surface area contributed by atoms with E-state index in [-0.39, 0.29) is 5.56 Å². The van der Waals surface area contributed by atoms with Crippen molar-refractivity contribution in [2.75, 3.05) is 46.7 Å². The van der Waals surface area contributed by atoms with Crippen molar-refractivity contribution in [3.05, 3.63) is 64.4 Å². The van der Waals surface area contributed by atoms with Gasteiger partial charge in [0.25, 0.3) is 5.56 Å². The molecule has 7 nitrogen and oxygen atoms in total. The van der Waals surface area contributed by atoms with Gasteiger partial charge in [-0.25, -0.2) is 0 Å². The van der Waals surface area contributed by atoms with E-state index in [1.807, 2.05) is 67.5 Å². The van der Waals surface area contributed by atoms with E-state index < -0.39 is 0 Å². The number of anilines is 1. The van der Waals surface area contributed by atoms with Crippen LogP contribution in [0.15, 0.2) is 53.3 Å². The first-order valence-corrected chi connectivity index (χ1v) is 10.9. The summed E-state index contributed by atoms with van der Waals surface area (Å²) in [7, 11) is 7.33. The van der Waals surface area contributed by atoms with Gasteiger partial charge in [0.2, 0.25) is 0 Å². The number of thiocarbonyl (C=S) groups is 1. The monoisotopic (exact) mass is 454 g/mol. The highest BCUT2D eigenvalue weighted by Gasteiger charge is 2.15. The minimum atomic E-state index is -0.125. The van der Waals surface area contributed by atoms with Gasteiger partial charge < -0.3 is 29.6 Å². The van der Waals surface area contributed by atoms with Gasteiger partial charge in [-0.05, 0) is 75.7 Å². The summed E-state index contributed by atoms with van der Waals surface area (Å²) >= 11 is 5.74. The number of methoxy groups -OCH3 is 2. The fourth-order valence-corrected chi connectivity index (χ4v) is 3.72. The predicted octanol–water partition coefficient (Wildman–Crippen LogP) is 3.70. The molecule has 170 valence electrons. The highest BCUT2D eigenvalue weighted by Crippen LogP contribution is 2.24. The van der Waals surface area contributed by atoms with Crippen LogP contribution in [-0.2, 0) is 6.54 Å². The van der Waals surface area contributed by atoms with Crippen LogP contribution in [0.2, 0.25) is 0 Å². The van der Waals surface area contributed by atoms with Crippen molar-refractivity contribution in [1.82, 2.24) is 14.8 Å². The van der Waals surface area contributed by atoms with Gasteiger partial charge in [0.05, 0.1) is 26.5 Å². The SMILES string of the molecule is COc1ccc2[nH]c(=O)c(CN(CCCN(C)C)C(=S)Nc3ccccc3OC)cc2c1. The molecule has 0 amide bonds. The second-order valence-electron chi connectivity index (χ2n) is 7.79. The zero-order valence-electron chi connectivity index (χ0n) is 19.0. The molecule has 2 N–H and O–H groups in total.